The number of aromatic nitrogens is 2. The quantitative estimate of drug-likeness (QED) is 0.196. The lowest BCUT2D eigenvalue weighted by molar-refractivity contribution is -0.137. The molecule has 0 unspecified atom stereocenters. The van der Waals surface area contributed by atoms with Crippen LogP contribution in [0.15, 0.2) is 76.9 Å². The minimum absolute atomic E-state index is 0.0188. The standard InChI is InChI=1S/C35H31F4N5O3S/c1-4-28(45)44-19(2)14-41(15-20(44)3)32-26-13-27(35(37,38)39)29(21-9-11-23(36)12-10-21)31-30(26)43(34(47)40-32)17-24(18-48-31)42-16-22-7-5-6-8-25(22)33(42)46/h4-13,19-20,24H,1,14-18H2,2-3H3/t19-,20+,24-/m0/s1. The highest BCUT2D eigenvalue weighted by Crippen LogP contribution is 2.49. The number of amides is 2. The van der Waals surface area contributed by atoms with Crippen molar-refractivity contribution < 1.29 is 27.2 Å². The number of nitrogens with zero attached hydrogens (tertiary/aromatic N) is 5. The molecule has 0 spiro atoms. The Morgan fingerprint density at radius 3 is 2.35 bits per heavy atom. The number of carbonyl (C=O) groups is 2. The van der Waals surface area contributed by atoms with Crippen molar-refractivity contribution in [1.29, 1.82) is 0 Å². The van der Waals surface area contributed by atoms with Gasteiger partial charge in [-0.1, -0.05) is 36.9 Å². The second-order valence-corrected chi connectivity index (χ2v) is 13.5. The SMILES string of the molecule is C=CC(=O)N1[C@H](C)CN(c2nc(=O)n3c4c(c(-c5ccc(F)cc5)c(C(F)(F)F)cc24)SC[C@@H](N2Cc4ccccc4C2=O)C3)C[C@@H]1C. The number of benzene rings is 3. The number of anilines is 1. The largest absolute Gasteiger partial charge is 0.417 e. The van der Waals surface area contributed by atoms with Crippen LogP contribution in [-0.4, -0.2) is 68.1 Å². The molecule has 3 aliphatic heterocycles. The molecular formula is C35H31F4N5O3S. The predicted molar refractivity (Wildman–Crippen MR) is 175 cm³/mol. The minimum atomic E-state index is -4.82. The van der Waals surface area contributed by atoms with E-state index in [1.165, 1.54) is 22.8 Å². The second kappa shape index (κ2) is 11.8. The highest BCUT2D eigenvalue weighted by atomic mass is 32.2. The van der Waals surface area contributed by atoms with E-state index in [-0.39, 0.29) is 82.0 Å². The minimum Gasteiger partial charge on any atom is -0.352 e. The zero-order valence-electron chi connectivity index (χ0n) is 26.1. The summed E-state index contributed by atoms with van der Waals surface area (Å²) in [6.45, 7) is 8.01. The molecule has 8 nitrogen and oxygen atoms in total. The van der Waals surface area contributed by atoms with Crippen LogP contribution >= 0.6 is 11.8 Å². The summed E-state index contributed by atoms with van der Waals surface area (Å²) in [5.74, 6) is -0.769. The number of fused-ring (bicyclic) bond motifs is 1. The summed E-state index contributed by atoms with van der Waals surface area (Å²) in [6, 6.07) is 11.8. The first kappa shape index (κ1) is 31.9. The fraction of sp³-hybridized carbons (Fsp3) is 0.314. The number of hydrogen-bond acceptors (Lipinski definition) is 6. The zero-order chi connectivity index (χ0) is 34.1. The van der Waals surface area contributed by atoms with Crippen molar-refractivity contribution in [2.75, 3.05) is 23.7 Å². The maximum Gasteiger partial charge on any atom is 0.417 e. The van der Waals surface area contributed by atoms with Gasteiger partial charge in [0.1, 0.15) is 11.6 Å². The monoisotopic (exact) mass is 677 g/mol. The van der Waals surface area contributed by atoms with Gasteiger partial charge in [-0.2, -0.15) is 18.2 Å². The molecule has 0 aliphatic carbocycles. The molecule has 1 aromatic heterocycles. The van der Waals surface area contributed by atoms with Crippen LogP contribution in [0.1, 0.15) is 35.3 Å². The Kier molecular flexibility index (Phi) is 7.85. The van der Waals surface area contributed by atoms with Crippen molar-refractivity contribution in [2.45, 2.75) is 56.1 Å². The lowest BCUT2D eigenvalue weighted by Gasteiger charge is -2.44. The van der Waals surface area contributed by atoms with Crippen LogP contribution in [0.5, 0.6) is 0 Å². The van der Waals surface area contributed by atoms with Gasteiger partial charge in [-0.15, -0.1) is 11.8 Å². The molecule has 4 aromatic rings. The van der Waals surface area contributed by atoms with E-state index < -0.39 is 29.3 Å². The summed E-state index contributed by atoms with van der Waals surface area (Å²) in [6.07, 6.45) is -3.59. The van der Waals surface area contributed by atoms with Crippen LogP contribution in [0, 0.1) is 5.82 Å². The van der Waals surface area contributed by atoms with Gasteiger partial charge in [0.05, 0.1) is 17.1 Å². The number of rotatable bonds is 4. The van der Waals surface area contributed by atoms with E-state index in [1.54, 1.807) is 26.8 Å². The van der Waals surface area contributed by atoms with E-state index in [9.17, 15) is 18.8 Å². The molecule has 248 valence electrons. The molecule has 3 aliphatic rings. The molecular weight excluding hydrogens is 646 g/mol. The van der Waals surface area contributed by atoms with E-state index in [0.717, 1.165) is 35.5 Å². The molecule has 4 heterocycles. The van der Waals surface area contributed by atoms with Crippen LogP contribution in [0.2, 0.25) is 0 Å². The molecule has 0 bridgehead atoms. The first-order chi connectivity index (χ1) is 22.9. The Morgan fingerprint density at radius 1 is 1.02 bits per heavy atom. The smallest absolute Gasteiger partial charge is 0.352 e. The summed E-state index contributed by atoms with van der Waals surface area (Å²) in [5, 5.41) is 0.134. The van der Waals surface area contributed by atoms with E-state index >= 15 is 13.2 Å². The fourth-order valence-corrected chi connectivity index (χ4v) is 8.68. The van der Waals surface area contributed by atoms with Crippen LogP contribution in [0.4, 0.5) is 23.4 Å². The Labute approximate surface area is 277 Å². The fourth-order valence-electron chi connectivity index (χ4n) is 7.31. The van der Waals surface area contributed by atoms with Crippen molar-refractivity contribution in [3.05, 3.63) is 100 Å². The van der Waals surface area contributed by atoms with Crippen LogP contribution in [-0.2, 0) is 24.1 Å². The van der Waals surface area contributed by atoms with Crippen molar-refractivity contribution in [3.63, 3.8) is 0 Å². The van der Waals surface area contributed by atoms with E-state index in [1.807, 2.05) is 26.0 Å². The molecule has 0 radical (unpaired) electrons. The van der Waals surface area contributed by atoms with Gasteiger partial charge >= 0.3 is 11.9 Å². The number of halogens is 4. The molecule has 2 amide bonds. The summed E-state index contributed by atoms with van der Waals surface area (Å²) >= 11 is 1.15. The van der Waals surface area contributed by atoms with Gasteiger partial charge in [-0.3, -0.25) is 14.2 Å². The van der Waals surface area contributed by atoms with Gasteiger partial charge in [-0.25, -0.2) is 9.18 Å². The lowest BCUT2D eigenvalue weighted by atomic mass is 9.96. The normalized spacial score (nSPS) is 21.0. The highest BCUT2D eigenvalue weighted by molar-refractivity contribution is 7.99. The molecule has 1 saturated heterocycles. The molecule has 3 atom stereocenters. The summed E-state index contributed by atoms with van der Waals surface area (Å²) in [7, 11) is 0. The van der Waals surface area contributed by atoms with E-state index in [2.05, 4.69) is 11.6 Å². The third-order valence-corrected chi connectivity index (χ3v) is 10.6. The van der Waals surface area contributed by atoms with Gasteiger partial charge in [0.2, 0.25) is 5.91 Å². The Balaban J connectivity index is 1.44. The number of carbonyl (C=O) groups excluding carboxylic acids is 2. The number of thioether (sulfide) groups is 1. The first-order valence-electron chi connectivity index (χ1n) is 15.5. The Bertz CT molecular complexity index is 2040. The Hall–Kier alpha value is -4.65. The highest BCUT2D eigenvalue weighted by Gasteiger charge is 2.41. The maximum atomic E-state index is 15.1. The summed E-state index contributed by atoms with van der Waals surface area (Å²) < 4.78 is 60.6. The molecule has 13 heteroatoms. The topological polar surface area (TPSA) is 78.8 Å². The zero-order valence-corrected chi connectivity index (χ0v) is 26.9. The molecule has 48 heavy (non-hydrogen) atoms. The van der Waals surface area contributed by atoms with Crippen molar-refractivity contribution in [3.8, 4) is 11.1 Å². The Morgan fingerprint density at radius 2 is 1.71 bits per heavy atom. The second-order valence-electron chi connectivity index (χ2n) is 12.5. The summed E-state index contributed by atoms with van der Waals surface area (Å²) in [5.41, 5.74) is 0.0476. The molecule has 0 N–H and O–H groups in total. The lowest BCUT2D eigenvalue weighted by Crippen LogP contribution is -2.58. The van der Waals surface area contributed by atoms with Crippen LogP contribution < -0.4 is 10.6 Å². The van der Waals surface area contributed by atoms with Gasteiger partial charge in [0, 0.05) is 65.4 Å². The van der Waals surface area contributed by atoms with Gasteiger partial charge in [0.15, 0.2) is 0 Å². The summed E-state index contributed by atoms with van der Waals surface area (Å²) in [4.78, 5) is 49.9. The molecule has 7 rings (SSSR count). The number of alkyl halides is 3. The van der Waals surface area contributed by atoms with Crippen LogP contribution in [0.3, 0.4) is 0 Å². The van der Waals surface area contributed by atoms with E-state index in [0.29, 0.717) is 12.1 Å². The van der Waals surface area contributed by atoms with E-state index in [4.69, 9.17) is 0 Å². The van der Waals surface area contributed by atoms with Gasteiger partial charge < -0.3 is 14.7 Å². The van der Waals surface area contributed by atoms with Crippen molar-refractivity contribution in [2.24, 2.45) is 0 Å². The third-order valence-electron chi connectivity index (χ3n) is 9.39. The first-order valence-corrected chi connectivity index (χ1v) is 16.5. The predicted octanol–water partition coefficient (Wildman–Crippen LogP) is 5.96. The van der Waals surface area contributed by atoms with Gasteiger partial charge in [-0.05, 0) is 55.3 Å². The number of hydrogen-bond donors (Lipinski definition) is 0. The molecule has 0 saturated carbocycles. The number of piperazine rings is 1. The maximum absolute atomic E-state index is 15.1. The third kappa shape index (κ3) is 5.24. The van der Waals surface area contributed by atoms with Crippen molar-refractivity contribution >= 4 is 40.3 Å². The molecule has 1 fully saturated rings. The van der Waals surface area contributed by atoms with Crippen molar-refractivity contribution in [1.82, 2.24) is 19.4 Å². The van der Waals surface area contributed by atoms with Gasteiger partial charge in [0.25, 0.3) is 5.91 Å². The van der Waals surface area contributed by atoms with Crippen LogP contribution in [0.25, 0.3) is 22.0 Å². The molecule has 3 aromatic carbocycles. The average Bonchev–Trinajstić information content (AvgIpc) is 3.24. The average molecular weight is 678 g/mol.